The van der Waals surface area contributed by atoms with Crippen LogP contribution in [0.1, 0.15) is 34.8 Å². The molecule has 2 N–H and O–H groups in total. The number of aliphatic hydroxyl groups excluding tert-OH is 2. The van der Waals surface area contributed by atoms with Gasteiger partial charge in [0.1, 0.15) is 6.61 Å². The van der Waals surface area contributed by atoms with Crippen molar-refractivity contribution in [1.29, 1.82) is 0 Å². The molecule has 0 aliphatic carbocycles. The Morgan fingerprint density at radius 2 is 2.05 bits per heavy atom. The Labute approximate surface area is 120 Å². The Balaban J connectivity index is 3.06. The molecule has 0 aliphatic rings. The normalized spacial score (nSPS) is 9.80. The molecule has 0 aliphatic heterocycles. The van der Waals surface area contributed by atoms with E-state index in [9.17, 15) is 4.79 Å². The van der Waals surface area contributed by atoms with Crippen molar-refractivity contribution in [3.63, 3.8) is 0 Å². The van der Waals surface area contributed by atoms with Crippen LogP contribution in [0.25, 0.3) is 0 Å². The van der Waals surface area contributed by atoms with Gasteiger partial charge in [-0.05, 0) is 31.0 Å². The molecule has 4 nitrogen and oxygen atoms in total. The Hall–Kier alpha value is -1.83. The average Bonchev–Trinajstić information content (AvgIpc) is 2.45. The van der Waals surface area contributed by atoms with Crippen LogP contribution in [0.15, 0.2) is 18.2 Å². The monoisotopic (exact) mass is 275 g/mol. The second-order valence-corrected chi connectivity index (χ2v) is 4.51. The van der Waals surface area contributed by atoms with Gasteiger partial charge in [-0.15, -0.1) is 0 Å². The number of rotatable bonds is 5. The SMILES string of the molecule is CCCN(CCO)C(=O)c1cc(C#CCO)ccc1C. The third kappa shape index (κ3) is 4.37. The summed E-state index contributed by atoms with van der Waals surface area (Å²) in [4.78, 5) is 14.1. The van der Waals surface area contributed by atoms with E-state index < -0.39 is 0 Å². The maximum Gasteiger partial charge on any atom is 0.254 e. The van der Waals surface area contributed by atoms with Gasteiger partial charge in [0.2, 0.25) is 0 Å². The minimum absolute atomic E-state index is 0.0468. The second kappa shape index (κ2) is 8.36. The largest absolute Gasteiger partial charge is 0.395 e. The first-order valence-corrected chi connectivity index (χ1v) is 6.74. The molecule has 0 heterocycles. The van der Waals surface area contributed by atoms with E-state index in [1.54, 1.807) is 11.0 Å². The van der Waals surface area contributed by atoms with Gasteiger partial charge in [-0.25, -0.2) is 0 Å². The summed E-state index contributed by atoms with van der Waals surface area (Å²) in [5, 5.41) is 17.8. The van der Waals surface area contributed by atoms with Crippen molar-refractivity contribution in [2.45, 2.75) is 20.3 Å². The maximum atomic E-state index is 12.5. The number of carbonyl (C=O) groups is 1. The molecule has 0 saturated carbocycles. The maximum absolute atomic E-state index is 12.5. The summed E-state index contributed by atoms with van der Waals surface area (Å²) in [5.41, 5.74) is 2.17. The molecule has 0 bridgehead atoms. The van der Waals surface area contributed by atoms with E-state index in [1.165, 1.54) is 0 Å². The van der Waals surface area contributed by atoms with E-state index in [4.69, 9.17) is 10.2 Å². The molecule has 0 unspecified atom stereocenters. The molecule has 0 atom stereocenters. The molecular weight excluding hydrogens is 254 g/mol. The van der Waals surface area contributed by atoms with Gasteiger partial charge < -0.3 is 15.1 Å². The van der Waals surface area contributed by atoms with Crippen molar-refractivity contribution in [2.24, 2.45) is 0 Å². The lowest BCUT2D eigenvalue weighted by molar-refractivity contribution is 0.0721. The number of aryl methyl sites for hydroxylation is 1. The summed E-state index contributed by atoms with van der Waals surface area (Å²) in [6.07, 6.45) is 0.842. The number of hydrogen-bond acceptors (Lipinski definition) is 3. The number of aliphatic hydroxyl groups is 2. The van der Waals surface area contributed by atoms with E-state index in [0.29, 0.717) is 24.2 Å². The van der Waals surface area contributed by atoms with Gasteiger partial charge in [0.25, 0.3) is 5.91 Å². The lowest BCUT2D eigenvalue weighted by atomic mass is 10.0. The Bertz CT molecular complexity index is 508. The third-order valence-electron chi connectivity index (χ3n) is 2.93. The summed E-state index contributed by atoms with van der Waals surface area (Å²) in [5.74, 6) is 5.28. The van der Waals surface area contributed by atoms with Crippen molar-refractivity contribution in [3.05, 3.63) is 34.9 Å². The zero-order valence-electron chi connectivity index (χ0n) is 12.0. The van der Waals surface area contributed by atoms with E-state index >= 15 is 0 Å². The van der Waals surface area contributed by atoms with Gasteiger partial charge in [0.15, 0.2) is 0 Å². The number of benzene rings is 1. The van der Waals surface area contributed by atoms with Crippen LogP contribution >= 0.6 is 0 Å². The molecule has 0 aromatic heterocycles. The van der Waals surface area contributed by atoms with E-state index in [2.05, 4.69) is 11.8 Å². The summed E-state index contributed by atoms with van der Waals surface area (Å²) < 4.78 is 0. The van der Waals surface area contributed by atoms with Crippen molar-refractivity contribution < 1.29 is 15.0 Å². The minimum atomic E-state index is -0.205. The molecule has 0 saturated heterocycles. The highest BCUT2D eigenvalue weighted by Gasteiger charge is 2.16. The van der Waals surface area contributed by atoms with E-state index in [-0.39, 0.29) is 19.1 Å². The van der Waals surface area contributed by atoms with Crippen LogP contribution in [-0.2, 0) is 0 Å². The highest BCUT2D eigenvalue weighted by Crippen LogP contribution is 2.14. The first-order valence-electron chi connectivity index (χ1n) is 6.74. The van der Waals surface area contributed by atoms with Crippen LogP contribution < -0.4 is 0 Å². The molecule has 0 fully saturated rings. The molecule has 4 heteroatoms. The summed E-state index contributed by atoms with van der Waals surface area (Å²) in [6, 6.07) is 5.41. The highest BCUT2D eigenvalue weighted by atomic mass is 16.3. The fourth-order valence-corrected chi connectivity index (χ4v) is 1.95. The smallest absolute Gasteiger partial charge is 0.254 e. The molecule has 1 rings (SSSR count). The van der Waals surface area contributed by atoms with Crippen LogP contribution in [0.3, 0.4) is 0 Å². The zero-order chi connectivity index (χ0) is 15.0. The quantitative estimate of drug-likeness (QED) is 0.793. The molecule has 1 amide bonds. The van der Waals surface area contributed by atoms with Crippen LogP contribution in [0.5, 0.6) is 0 Å². The van der Waals surface area contributed by atoms with E-state index in [0.717, 1.165) is 12.0 Å². The fraction of sp³-hybridized carbons (Fsp3) is 0.438. The molecule has 108 valence electrons. The van der Waals surface area contributed by atoms with Gasteiger partial charge in [0, 0.05) is 24.2 Å². The number of hydrogen-bond donors (Lipinski definition) is 2. The first-order chi connectivity index (χ1) is 9.63. The molecule has 1 aromatic carbocycles. The molecule has 1 aromatic rings. The van der Waals surface area contributed by atoms with Crippen LogP contribution in [0, 0.1) is 18.8 Å². The standard InChI is InChI=1S/C16H21NO3/c1-3-8-17(9-11-19)16(20)15-12-14(5-4-10-18)7-6-13(15)2/h6-7,12,18-19H,3,8-11H2,1-2H3. The summed E-state index contributed by atoms with van der Waals surface area (Å²) >= 11 is 0. The fourth-order valence-electron chi connectivity index (χ4n) is 1.95. The second-order valence-electron chi connectivity index (χ2n) is 4.51. The zero-order valence-corrected chi connectivity index (χ0v) is 12.0. The number of amides is 1. The average molecular weight is 275 g/mol. The lowest BCUT2D eigenvalue weighted by Gasteiger charge is -2.22. The number of carbonyl (C=O) groups excluding carboxylic acids is 1. The summed E-state index contributed by atoms with van der Waals surface area (Å²) in [7, 11) is 0. The van der Waals surface area contributed by atoms with Gasteiger partial charge in [-0.1, -0.05) is 24.8 Å². The lowest BCUT2D eigenvalue weighted by Crippen LogP contribution is -2.34. The third-order valence-corrected chi connectivity index (χ3v) is 2.93. The van der Waals surface area contributed by atoms with Crippen molar-refractivity contribution >= 4 is 5.91 Å². The number of nitrogens with zero attached hydrogens (tertiary/aromatic N) is 1. The first kappa shape index (κ1) is 16.2. The predicted molar refractivity (Wildman–Crippen MR) is 78.4 cm³/mol. The molecule has 0 spiro atoms. The predicted octanol–water partition coefficient (Wildman–Crippen LogP) is 1.18. The molecular formula is C16H21NO3. The van der Waals surface area contributed by atoms with Crippen LogP contribution in [-0.4, -0.2) is 47.3 Å². The Morgan fingerprint density at radius 1 is 1.30 bits per heavy atom. The topological polar surface area (TPSA) is 60.8 Å². The van der Waals surface area contributed by atoms with Crippen molar-refractivity contribution in [1.82, 2.24) is 4.90 Å². The Kier molecular flexibility index (Phi) is 6.78. The van der Waals surface area contributed by atoms with Gasteiger partial charge in [-0.3, -0.25) is 4.79 Å². The van der Waals surface area contributed by atoms with Crippen LogP contribution in [0.4, 0.5) is 0 Å². The van der Waals surface area contributed by atoms with Crippen molar-refractivity contribution in [2.75, 3.05) is 26.3 Å². The Morgan fingerprint density at radius 3 is 2.65 bits per heavy atom. The molecule has 20 heavy (non-hydrogen) atoms. The van der Waals surface area contributed by atoms with Crippen LogP contribution in [0.2, 0.25) is 0 Å². The highest BCUT2D eigenvalue weighted by molar-refractivity contribution is 5.96. The van der Waals surface area contributed by atoms with Gasteiger partial charge in [-0.2, -0.15) is 0 Å². The minimum Gasteiger partial charge on any atom is -0.395 e. The van der Waals surface area contributed by atoms with Gasteiger partial charge >= 0.3 is 0 Å². The van der Waals surface area contributed by atoms with Crippen molar-refractivity contribution in [3.8, 4) is 11.8 Å². The molecule has 0 radical (unpaired) electrons. The summed E-state index contributed by atoms with van der Waals surface area (Å²) in [6.45, 7) is 4.57. The van der Waals surface area contributed by atoms with E-state index in [1.807, 2.05) is 26.0 Å². The van der Waals surface area contributed by atoms with Gasteiger partial charge in [0.05, 0.1) is 6.61 Å².